The maximum absolute atomic E-state index is 3.18. The van der Waals surface area contributed by atoms with Crippen molar-refractivity contribution in [2.24, 2.45) is 5.92 Å². The minimum absolute atomic E-state index is 0.742. The van der Waals surface area contributed by atoms with Crippen LogP contribution in [0.2, 0.25) is 0 Å². The first-order valence-electron chi connectivity index (χ1n) is 3.04. The summed E-state index contributed by atoms with van der Waals surface area (Å²) in [5.74, 6) is 3.92. The molecule has 44 valence electrons. The fraction of sp³-hybridized carbons (Fsp3) is 0.714. The molecule has 0 heterocycles. The van der Waals surface area contributed by atoms with Crippen LogP contribution in [0.1, 0.15) is 25.7 Å². The van der Waals surface area contributed by atoms with E-state index in [2.05, 4.69) is 32.4 Å². The van der Waals surface area contributed by atoms with Crippen molar-refractivity contribution in [3.05, 3.63) is 0 Å². The van der Waals surface area contributed by atoms with Crippen molar-refractivity contribution in [1.82, 2.24) is 0 Å². The zero-order valence-electron chi connectivity index (χ0n) is 4.78. The molecule has 0 nitrogen and oxygen atoms in total. The van der Waals surface area contributed by atoms with E-state index in [0.717, 1.165) is 5.92 Å². The minimum Gasteiger partial charge on any atom is -0.0885 e. The first-order chi connectivity index (χ1) is 3.93. The quantitative estimate of drug-likeness (QED) is 0.434. The molecule has 1 aliphatic carbocycles. The Morgan fingerprint density at radius 1 is 1.25 bits per heavy atom. The summed E-state index contributed by atoms with van der Waals surface area (Å²) < 4.78 is 2.93. The van der Waals surface area contributed by atoms with E-state index in [0.29, 0.717) is 0 Å². The summed E-state index contributed by atoms with van der Waals surface area (Å²) in [4.78, 5) is 0. The van der Waals surface area contributed by atoms with Crippen LogP contribution >= 0.6 is 22.6 Å². The van der Waals surface area contributed by atoms with E-state index in [4.69, 9.17) is 0 Å². The Bertz CT molecular complexity index is 112. The Morgan fingerprint density at radius 3 is 2.38 bits per heavy atom. The minimum atomic E-state index is 0.742. The second-order valence-electron chi connectivity index (χ2n) is 2.22. The van der Waals surface area contributed by atoms with E-state index in [1.54, 1.807) is 0 Å². The lowest BCUT2D eigenvalue weighted by molar-refractivity contribution is 0.712. The van der Waals surface area contributed by atoms with Gasteiger partial charge in [0.05, 0.1) is 0 Å². The molecule has 0 aliphatic heterocycles. The van der Waals surface area contributed by atoms with Gasteiger partial charge in [-0.05, 0) is 16.8 Å². The van der Waals surface area contributed by atoms with Gasteiger partial charge in [-0.1, -0.05) is 18.8 Å². The highest BCUT2D eigenvalue weighted by Gasteiger charge is 2.10. The average Bonchev–Trinajstić information content (AvgIpc) is 2.19. The molecule has 1 heteroatoms. The molecule has 0 saturated heterocycles. The lowest BCUT2D eigenvalue weighted by Crippen LogP contribution is -1.84. The predicted molar refractivity (Wildman–Crippen MR) is 43.8 cm³/mol. The summed E-state index contributed by atoms with van der Waals surface area (Å²) in [6, 6.07) is 0. The Hall–Kier alpha value is 0.290. The molecular formula is C7H9I. The van der Waals surface area contributed by atoms with Crippen molar-refractivity contribution in [1.29, 1.82) is 0 Å². The van der Waals surface area contributed by atoms with Crippen molar-refractivity contribution < 1.29 is 0 Å². The van der Waals surface area contributed by atoms with Crippen LogP contribution in [0.4, 0.5) is 0 Å². The Morgan fingerprint density at radius 2 is 1.88 bits per heavy atom. The standard InChI is InChI=1S/C7H9I/c8-6-5-7-3-1-2-4-7/h7H,1-4H2. The van der Waals surface area contributed by atoms with Crippen LogP contribution in [0.5, 0.6) is 0 Å². The van der Waals surface area contributed by atoms with Crippen LogP contribution in [0, 0.1) is 15.8 Å². The van der Waals surface area contributed by atoms with E-state index >= 15 is 0 Å². The van der Waals surface area contributed by atoms with Gasteiger partial charge >= 0.3 is 0 Å². The molecule has 1 rings (SSSR count). The van der Waals surface area contributed by atoms with Gasteiger partial charge in [-0.15, -0.1) is 0 Å². The molecular weight excluding hydrogens is 211 g/mol. The Balaban J connectivity index is 2.32. The molecule has 0 unspecified atom stereocenters. The van der Waals surface area contributed by atoms with Crippen molar-refractivity contribution in [3.63, 3.8) is 0 Å². The van der Waals surface area contributed by atoms with Gasteiger partial charge in [-0.25, -0.2) is 0 Å². The van der Waals surface area contributed by atoms with Crippen molar-refractivity contribution >= 4 is 22.6 Å². The van der Waals surface area contributed by atoms with Crippen LogP contribution in [0.15, 0.2) is 0 Å². The van der Waals surface area contributed by atoms with Crippen LogP contribution in [0.25, 0.3) is 0 Å². The van der Waals surface area contributed by atoms with E-state index in [1.807, 2.05) is 0 Å². The molecule has 0 spiro atoms. The summed E-state index contributed by atoms with van der Waals surface area (Å²) in [6.07, 6.45) is 5.48. The molecule has 0 bridgehead atoms. The summed E-state index contributed by atoms with van der Waals surface area (Å²) in [5.41, 5.74) is 0. The molecule has 0 aromatic carbocycles. The predicted octanol–water partition coefficient (Wildman–Crippen LogP) is 2.57. The third-order valence-electron chi connectivity index (χ3n) is 1.61. The fourth-order valence-corrected chi connectivity index (χ4v) is 1.59. The zero-order valence-corrected chi connectivity index (χ0v) is 6.94. The number of halogens is 1. The SMILES string of the molecule is IC#CC1CCCC1. The normalized spacial score (nSPS) is 20.1. The fourth-order valence-electron chi connectivity index (χ4n) is 1.15. The van der Waals surface area contributed by atoms with Gasteiger partial charge in [-0.2, -0.15) is 0 Å². The van der Waals surface area contributed by atoms with Gasteiger partial charge < -0.3 is 0 Å². The first-order valence-corrected chi connectivity index (χ1v) is 4.12. The Labute approximate surface area is 64.2 Å². The molecule has 0 aromatic heterocycles. The summed E-state index contributed by atoms with van der Waals surface area (Å²) >= 11 is 2.12. The van der Waals surface area contributed by atoms with Crippen LogP contribution in [-0.2, 0) is 0 Å². The second kappa shape index (κ2) is 3.34. The van der Waals surface area contributed by atoms with Gasteiger partial charge in [0.1, 0.15) is 0 Å². The molecule has 0 aromatic rings. The van der Waals surface area contributed by atoms with Crippen LogP contribution in [0.3, 0.4) is 0 Å². The molecule has 1 aliphatic rings. The van der Waals surface area contributed by atoms with Crippen LogP contribution < -0.4 is 0 Å². The summed E-state index contributed by atoms with van der Waals surface area (Å²) in [6.45, 7) is 0. The van der Waals surface area contributed by atoms with E-state index < -0.39 is 0 Å². The maximum Gasteiger partial charge on any atom is 0.0211 e. The number of hydrogen-bond donors (Lipinski definition) is 0. The monoisotopic (exact) mass is 220 g/mol. The lowest BCUT2D eigenvalue weighted by atomic mass is 10.1. The number of hydrogen-bond acceptors (Lipinski definition) is 0. The van der Waals surface area contributed by atoms with E-state index in [1.165, 1.54) is 25.7 Å². The smallest absolute Gasteiger partial charge is 0.0211 e. The lowest BCUT2D eigenvalue weighted by Gasteiger charge is -1.92. The van der Waals surface area contributed by atoms with E-state index in [9.17, 15) is 0 Å². The first kappa shape index (κ1) is 6.41. The molecule has 1 saturated carbocycles. The zero-order chi connectivity index (χ0) is 5.82. The van der Waals surface area contributed by atoms with E-state index in [-0.39, 0.29) is 0 Å². The highest BCUT2D eigenvalue weighted by molar-refractivity contribution is 14.1. The van der Waals surface area contributed by atoms with Gasteiger partial charge in [-0.3, -0.25) is 0 Å². The maximum atomic E-state index is 3.18. The molecule has 8 heavy (non-hydrogen) atoms. The molecule has 1 fully saturated rings. The van der Waals surface area contributed by atoms with Gasteiger partial charge in [0.25, 0.3) is 0 Å². The average molecular weight is 220 g/mol. The molecule has 0 atom stereocenters. The highest BCUT2D eigenvalue weighted by atomic mass is 127. The third kappa shape index (κ3) is 1.66. The van der Waals surface area contributed by atoms with Crippen molar-refractivity contribution in [3.8, 4) is 9.85 Å². The van der Waals surface area contributed by atoms with Crippen molar-refractivity contribution in [2.75, 3.05) is 0 Å². The van der Waals surface area contributed by atoms with Crippen LogP contribution in [-0.4, -0.2) is 0 Å². The van der Waals surface area contributed by atoms with Gasteiger partial charge in [0, 0.05) is 28.5 Å². The van der Waals surface area contributed by atoms with Gasteiger partial charge in [0.15, 0.2) is 0 Å². The third-order valence-corrected chi connectivity index (χ3v) is 1.93. The van der Waals surface area contributed by atoms with Crippen molar-refractivity contribution in [2.45, 2.75) is 25.7 Å². The topological polar surface area (TPSA) is 0 Å². The summed E-state index contributed by atoms with van der Waals surface area (Å²) in [5, 5.41) is 0. The summed E-state index contributed by atoms with van der Waals surface area (Å²) in [7, 11) is 0. The molecule has 0 radical (unpaired) electrons. The second-order valence-corrected chi connectivity index (χ2v) is 2.76. The molecule has 0 amide bonds. The largest absolute Gasteiger partial charge is 0.0885 e. The Kier molecular flexibility index (Phi) is 2.68. The molecule has 0 N–H and O–H groups in total. The van der Waals surface area contributed by atoms with Gasteiger partial charge in [0.2, 0.25) is 0 Å². The highest BCUT2D eigenvalue weighted by Crippen LogP contribution is 2.23. The number of rotatable bonds is 0.